The lowest BCUT2D eigenvalue weighted by Crippen LogP contribution is -2.29. The number of nitrogens with zero attached hydrogens (tertiary/aromatic N) is 3. The molecule has 0 atom stereocenters. The van der Waals surface area contributed by atoms with Crippen molar-refractivity contribution in [3.8, 4) is 33.0 Å². The Balaban J connectivity index is 1.14. The van der Waals surface area contributed by atoms with Crippen LogP contribution in [0.3, 0.4) is 0 Å². The summed E-state index contributed by atoms with van der Waals surface area (Å²) in [5, 5.41) is 23.5. The van der Waals surface area contributed by atoms with Crippen molar-refractivity contribution < 1.29 is 4.79 Å². The maximum Gasteiger partial charge on any atom is 0.195 e. The van der Waals surface area contributed by atoms with Gasteiger partial charge in [-0.1, -0.05) is 150 Å². The Morgan fingerprint density at radius 1 is 0.567 bits per heavy atom. The van der Waals surface area contributed by atoms with E-state index in [1.165, 1.54) is 74.8 Å². The second-order valence-electron chi connectivity index (χ2n) is 18.0. The van der Waals surface area contributed by atoms with Crippen LogP contribution in [0.25, 0.3) is 35.9 Å². The largest absolute Gasteiger partial charge is 0.361 e. The number of ketones is 1. The Morgan fingerprint density at radius 2 is 1.03 bits per heavy atom. The molecule has 0 aliphatic heterocycles. The number of aryl methyl sites for hydroxylation is 4. The highest BCUT2D eigenvalue weighted by Crippen LogP contribution is 2.68. The van der Waals surface area contributed by atoms with Gasteiger partial charge in [0.1, 0.15) is 17.7 Å². The summed E-state index contributed by atoms with van der Waals surface area (Å²) in [6, 6.07) is 56.2. The van der Waals surface area contributed by atoms with E-state index in [0.29, 0.717) is 16.7 Å². The average molecular weight is 897 g/mol. The number of hydrogen-bond donors (Lipinski definition) is 1. The van der Waals surface area contributed by atoms with Gasteiger partial charge in [-0.05, 0) is 96.0 Å². The third-order valence-electron chi connectivity index (χ3n) is 14.2. The predicted octanol–water partition coefficient (Wildman–Crippen LogP) is 14.3. The highest BCUT2D eigenvalue weighted by atomic mass is 32.1. The van der Waals surface area contributed by atoms with Crippen molar-refractivity contribution >= 4 is 49.1 Å². The average Bonchev–Trinajstić information content (AvgIpc) is 4.12. The number of carbonyl (C=O) groups excluding carboxylic acids is 1. The lowest BCUT2D eigenvalue weighted by Gasteiger charge is -2.34. The molecule has 7 heteroatoms. The molecule has 0 bridgehead atoms. The lowest BCUT2D eigenvalue weighted by molar-refractivity contribution is 0.104. The normalized spacial score (nSPS) is 15.1. The molecule has 3 heterocycles. The van der Waals surface area contributed by atoms with Crippen molar-refractivity contribution in [3.63, 3.8) is 0 Å². The number of nitrogens with one attached hydrogen (secondary N) is 1. The molecule has 67 heavy (non-hydrogen) atoms. The predicted molar refractivity (Wildman–Crippen MR) is 272 cm³/mol. The quantitative estimate of drug-likeness (QED) is 0.133. The molecule has 0 fully saturated rings. The van der Waals surface area contributed by atoms with Crippen LogP contribution in [0.15, 0.2) is 175 Å². The van der Waals surface area contributed by atoms with Crippen LogP contribution >= 0.6 is 22.7 Å². The van der Waals surface area contributed by atoms with E-state index >= 15 is 0 Å². The van der Waals surface area contributed by atoms with Crippen molar-refractivity contribution in [2.24, 2.45) is 0 Å². The van der Waals surface area contributed by atoms with E-state index in [2.05, 4.69) is 161 Å². The van der Waals surface area contributed by atoms with Gasteiger partial charge in [-0.25, -0.2) is 0 Å². The zero-order valence-corrected chi connectivity index (χ0v) is 38.8. The molecular weight excluding hydrogens is 857 g/mol. The molecule has 0 spiro atoms. The summed E-state index contributed by atoms with van der Waals surface area (Å²) in [5.74, 6) is -0.226. The minimum atomic E-state index is -0.732. The third kappa shape index (κ3) is 5.63. The first-order chi connectivity index (χ1) is 32.7. The van der Waals surface area contributed by atoms with Gasteiger partial charge in [-0.2, -0.15) is 10.5 Å². The zero-order valence-electron chi connectivity index (χ0n) is 37.2. The van der Waals surface area contributed by atoms with E-state index in [0.717, 1.165) is 27.9 Å². The highest BCUT2D eigenvalue weighted by molar-refractivity contribution is 7.32. The second kappa shape index (κ2) is 15.1. The van der Waals surface area contributed by atoms with Crippen LogP contribution in [0.2, 0.25) is 0 Å². The smallest absolute Gasteiger partial charge is 0.195 e. The minimum Gasteiger partial charge on any atom is -0.361 e. The summed E-state index contributed by atoms with van der Waals surface area (Å²) in [6.45, 7) is 8.57. The Labute approximate surface area is 397 Å². The van der Waals surface area contributed by atoms with Gasteiger partial charge in [-0.15, -0.1) is 22.7 Å². The van der Waals surface area contributed by atoms with Crippen molar-refractivity contribution in [1.82, 2.24) is 4.98 Å². The van der Waals surface area contributed by atoms with Crippen LogP contribution in [0.5, 0.6) is 0 Å². The molecule has 318 valence electrons. The van der Waals surface area contributed by atoms with Crippen molar-refractivity contribution in [1.29, 1.82) is 10.5 Å². The molecule has 0 amide bonds. The van der Waals surface area contributed by atoms with Crippen LogP contribution in [0.4, 0.5) is 5.69 Å². The van der Waals surface area contributed by atoms with Crippen molar-refractivity contribution in [3.05, 3.63) is 253 Å². The molecular formula is C60H40N4OS2. The number of rotatable bonds is 6. The summed E-state index contributed by atoms with van der Waals surface area (Å²) in [6.07, 6.45) is 5.69. The van der Waals surface area contributed by atoms with E-state index in [1.807, 2.05) is 47.1 Å². The topological polar surface area (TPSA) is 89.6 Å². The van der Waals surface area contributed by atoms with Crippen LogP contribution < -0.4 is 5.32 Å². The summed E-state index contributed by atoms with van der Waals surface area (Å²) in [7, 11) is 0. The van der Waals surface area contributed by atoms with E-state index in [1.54, 1.807) is 24.4 Å². The van der Waals surface area contributed by atoms with Crippen LogP contribution in [0.1, 0.15) is 82.7 Å². The van der Waals surface area contributed by atoms with Gasteiger partial charge in [0.25, 0.3) is 0 Å². The van der Waals surface area contributed by atoms with Gasteiger partial charge in [0.2, 0.25) is 0 Å². The van der Waals surface area contributed by atoms with E-state index in [-0.39, 0.29) is 16.9 Å². The number of anilines is 1. The molecule has 0 saturated carbocycles. The summed E-state index contributed by atoms with van der Waals surface area (Å²) >= 11 is 3.80. The number of carbonyl (C=O) groups is 1. The number of Topliss-reactive ketones (excluding diaryl/α,β-unsaturated/α-hetero) is 1. The van der Waals surface area contributed by atoms with Crippen molar-refractivity contribution in [2.75, 3.05) is 5.32 Å². The first kappa shape index (κ1) is 40.6. The summed E-state index contributed by atoms with van der Waals surface area (Å²) < 4.78 is 2.56. The third-order valence-corrected chi connectivity index (χ3v) is 16.8. The lowest BCUT2D eigenvalue weighted by atomic mass is 9.67. The summed E-state index contributed by atoms with van der Waals surface area (Å²) in [5.41, 5.74) is 17.9. The van der Waals surface area contributed by atoms with Crippen molar-refractivity contribution in [2.45, 2.75) is 38.5 Å². The Kier molecular flexibility index (Phi) is 9.11. The van der Waals surface area contributed by atoms with E-state index in [9.17, 15) is 15.3 Å². The molecule has 0 saturated heterocycles. The molecule has 0 radical (unpaired) electrons. The number of benzene rings is 6. The number of thiophene rings is 2. The molecule has 6 aromatic carbocycles. The van der Waals surface area contributed by atoms with E-state index in [4.69, 9.17) is 4.98 Å². The monoisotopic (exact) mass is 896 g/mol. The Hall–Kier alpha value is -7.94. The van der Waals surface area contributed by atoms with Gasteiger partial charge in [0.15, 0.2) is 5.78 Å². The highest BCUT2D eigenvalue weighted by Gasteiger charge is 2.54. The first-order valence-electron chi connectivity index (χ1n) is 22.3. The molecule has 3 aliphatic carbocycles. The number of pyridine rings is 1. The number of allylic oxidation sites excluding steroid dienone is 3. The molecule has 3 aromatic heterocycles. The van der Waals surface area contributed by atoms with Crippen LogP contribution in [-0.4, -0.2) is 10.8 Å². The Morgan fingerprint density at radius 3 is 1.52 bits per heavy atom. The van der Waals surface area contributed by atoms with Gasteiger partial charge >= 0.3 is 0 Å². The fourth-order valence-corrected chi connectivity index (χ4v) is 14.2. The number of nitriles is 2. The zero-order chi connectivity index (χ0) is 45.8. The second-order valence-corrected chi connectivity index (χ2v) is 20.0. The SMILES string of the molecule is Cc1ccc(C2(c3ccc(C)cc3)c3cnccc3-c3sc4c5c(sc4c32)-c2ccc(N/C=C3\C(=O)c4ccccc4C3=C(C#N)C#N)cc2C5(c2ccc(C)cc2)c2ccc(C)cc2)cc1. The van der Waals surface area contributed by atoms with Gasteiger partial charge in [0, 0.05) is 61.9 Å². The first-order valence-corrected chi connectivity index (χ1v) is 24.0. The van der Waals surface area contributed by atoms with Gasteiger partial charge in [0.05, 0.1) is 20.2 Å². The molecule has 5 nitrogen and oxygen atoms in total. The molecule has 0 unspecified atom stereocenters. The number of hydrogen-bond acceptors (Lipinski definition) is 7. The van der Waals surface area contributed by atoms with Crippen LogP contribution in [0, 0.1) is 50.4 Å². The maximum atomic E-state index is 13.9. The van der Waals surface area contributed by atoms with Gasteiger partial charge < -0.3 is 5.32 Å². The molecule has 3 aliphatic rings. The summed E-state index contributed by atoms with van der Waals surface area (Å²) in [4.78, 5) is 21.3. The maximum absolute atomic E-state index is 13.9. The fraction of sp³-hybridized carbons (Fsp3) is 0.100. The van der Waals surface area contributed by atoms with Crippen LogP contribution in [-0.2, 0) is 10.8 Å². The number of aromatic nitrogens is 1. The van der Waals surface area contributed by atoms with E-state index < -0.39 is 10.8 Å². The standard InChI is InChI=1S/C60H40N4OS2/c1-34-9-17-39(18-10-34)59(40-19-11-35(2)12-20-40)49-29-43(64-32-48-51(38(30-61)31-62)44-7-5-6-8-45(44)54(48)65)25-26-46(49)55-52(59)57-58(66-55)53-56(67-57)47-27-28-63-33-50(47)60(53,41-21-13-36(3)14-22-41)42-23-15-37(4)16-24-42/h5-29,32-33,64H,1-4H3/b48-32-. The molecule has 12 rings (SSSR count). The minimum absolute atomic E-state index is 0.0953. The fourth-order valence-electron chi connectivity index (χ4n) is 11.0. The Bertz CT molecular complexity index is 3610. The van der Waals surface area contributed by atoms with Gasteiger partial charge in [-0.3, -0.25) is 9.78 Å². The molecule has 9 aromatic rings. The number of fused-ring (bicyclic) bond motifs is 10. The molecule has 1 N–H and O–H groups in total.